The molecule has 2 aromatic rings. The first-order valence-electron chi connectivity index (χ1n) is 8.46. The van der Waals surface area contributed by atoms with Gasteiger partial charge in [0.15, 0.2) is 0 Å². The van der Waals surface area contributed by atoms with E-state index in [1.165, 1.54) is 0 Å². The molecule has 2 N–H and O–H groups in total. The van der Waals surface area contributed by atoms with Crippen molar-refractivity contribution in [1.82, 2.24) is 4.90 Å². The van der Waals surface area contributed by atoms with Gasteiger partial charge in [-0.3, -0.25) is 9.59 Å². The summed E-state index contributed by atoms with van der Waals surface area (Å²) in [5, 5.41) is 12.2. The molecule has 0 saturated heterocycles. The summed E-state index contributed by atoms with van der Waals surface area (Å²) < 4.78 is 0. The molecule has 130 valence electrons. The number of anilines is 1. The quantitative estimate of drug-likeness (QED) is 0.881. The molecule has 3 rings (SSSR count). The molecule has 0 bridgehead atoms. The maximum absolute atomic E-state index is 12.9. The summed E-state index contributed by atoms with van der Waals surface area (Å²) in [6.07, 6.45) is 1.57. The molecular formula is C20H22N2O3. The van der Waals surface area contributed by atoms with Crippen LogP contribution in [0.1, 0.15) is 40.4 Å². The number of amides is 2. The minimum Gasteiger partial charge on any atom is -0.396 e. The van der Waals surface area contributed by atoms with E-state index in [1.807, 2.05) is 36.4 Å². The van der Waals surface area contributed by atoms with Crippen LogP contribution < -0.4 is 5.32 Å². The van der Waals surface area contributed by atoms with Crippen LogP contribution in [0.25, 0.3) is 0 Å². The third-order valence-electron chi connectivity index (χ3n) is 4.62. The van der Waals surface area contributed by atoms with E-state index in [9.17, 15) is 14.7 Å². The molecule has 1 unspecified atom stereocenters. The predicted octanol–water partition coefficient (Wildman–Crippen LogP) is 2.77. The molecule has 2 amide bonds. The molecule has 1 atom stereocenters. The Balaban J connectivity index is 1.84. The van der Waals surface area contributed by atoms with Crippen LogP contribution in [0, 0.1) is 0 Å². The van der Waals surface area contributed by atoms with Gasteiger partial charge < -0.3 is 15.3 Å². The van der Waals surface area contributed by atoms with Gasteiger partial charge in [-0.1, -0.05) is 30.3 Å². The zero-order valence-corrected chi connectivity index (χ0v) is 14.2. The molecule has 2 aromatic carbocycles. The smallest absolute Gasteiger partial charge is 0.254 e. The summed E-state index contributed by atoms with van der Waals surface area (Å²) in [4.78, 5) is 26.1. The Labute approximate surface area is 147 Å². The number of benzene rings is 2. The van der Waals surface area contributed by atoms with E-state index in [0.717, 1.165) is 16.8 Å². The highest BCUT2D eigenvalue weighted by atomic mass is 16.3. The fourth-order valence-corrected chi connectivity index (χ4v) is 3.24. The maximum Gasteiger partial charge on any atom is 0.254 e. The van der Waals surface area contributed by atoms with Crippen molar-refractivity contribution in [1.29, 1.82) is 0 Å². The fraction of sp³-hybridized carbons (Fsp3) is 0.300. The van der Waals surface area contributed by atoms with Gasteiger partial charge in [-0.2, -0.15) is 0 Å². The topological polar surface area (TPSA) is 69.6 Å². The number of aryl methyl sites for hydroxylation is 1. The molecule has 1 aliphatic rings. The maximum atomic E-state index is 12.9. The molecule has 0 aromatic heterocycles. The van der Waals surface area contributed by atoms with E-state index < -0.39 is 0 Å². The Kier molecular flexibility index (Phi) is 5.14. The van der Waals surface area contributed by atoms with Crippen molar-refractivity contribution in [2.45, 2.75) is 25.3 Å². The first-order valence-corrected chi connectivity index (χ1v) is 8.46. The second kappa shape index (κ2) is 7.49. The van der Waals surface area contributed by atoms with Crippen LogP contribution in [-0.4, -0.2) is 35.5 Å². The van der Waals surface area contributed by atoms with E-state index in [-0.39, 0.29) is 24.5 Å². The third-order valence-corrected chi connectivity index (χ3v) is 4.62. The molecule has 5 heteroatoms. The fourth-order valence-electron chi connectivity index (χ4n) is 3.24. The van der Waals surface area contributed by atoms with Crippen molar-refractivity contribution in [3.05, 3.63) is 65.2 Å². The molecule has 0 fully saturated rings. The summed E-state index contributed by atoms with van der Waals surface area (Å²) in [6, 6.07) is 14.9. The van der Waals surface area contributed by atoms with Crippen LogP contribution in [-0.2, 0) is 11.2 Å². The Morgan fingerprint density at radius 2 is 1.96 bits per heavy atom. The van der Waals surface area contributed by atoms with Crippen LogP contribution in [0.15, 0.2) is 48.5 Å². The largest absolute Gasteiger partial charge is 0.396 e. The van der Waals surface area contributed by atoms with Crippen molar-refractivity contribution in [2.24, 2.45) is 0 Å². The van der Waals surface area contributed by atoms with Crippen molar-refractivity contribution < 1.29 is 14.7 Å². The molecular weight excluding hydrogens is 316 g/mol. The number of aliphatic hydroxyl groups is 1. The second-order valence-corrected chi connectivity index (χ2v) is 6.27. The van der Waals surface area contributed by atoms with Crippen LogP contribution in [0.3, 0.4) is 0 Å². The number of nitrogens with one attached hydrogen (secondary N) is 1. The lowest BCUT2D eigenvalue weighted by atomic mass is 9.98. The first kappa shape index (κ1) is 17.2. The Morgan fingerprint density at radius 1 is 1.20 bits per heavy atom. The molecule has 1 aliphatic heterocycles. The van der Waals surface area contributed by atoms with Crippen molar-refractivity contribution in [3.63, 3.8) is 0 Å². The van der Waals surface area contributed by atoms with E-state index in [4.69, 9.17) is 0 Å². The number of rotatable bonds is 5. The number of carbonyl (C=O) groups excluding carboxylic acids is 2. The third kappa shape index (κ3) is 3.72. The number of aliphatic hydroxyl groups excluding tert-OH is 1. The average Bonchev–Trinajstić information content (AvgIpc) is 2.65. The zero-order chi connectivity index (χ0) is 17.8. The predicted molar refractivity (Wildman–Crippen MR) is 96.4 cm³/mol. The lowest BCUT2D eigenvalue weighted by Crippen LogP contribution is -2.32. The van der Waals surface area contributed by atoms with Crippen molar-refractivity contribution in [3.8, 4) is 0 Å². The van der Waals surface area contributed by atoms with E-state index in [0.29, 0.717) is 24.8 Å². The number of fused-ring (bicyclic) bond motifs is 1. The highest BCUT2D eigenvalue weighted by molar-refractivity contribution is 5.98. The van der Waals surface area contributed by atoms with Gasteiger partial charge in [0.25, 0.3) is 5.91 Å². The molecule has 0 radical (unpaired) electrons. The van der Waals surface area contributed by atoms with Gasteiger partial charge >= 0.3 is 0 Å². The summed E-state index contributed by atoms with van der Waals surface area (Å²) in [5.41, 5.74) is 3.36. The SMILES string of the molecule is CN(C(=O)c1ccc2c(c1)CCC(=O)N2)C(CCO)c1ccccc1. The zero-order valence-electron chi connectivity index (χ0n) is 14.2. The van der Waals surface area contributed by atoms with Crippen molar-refractivity contribution in [2.75, 3.05) is 19.0 Å². The normalized spacial score (nSPS) is 14.4. The summed E-state index contributed by atoms with van der Waals surface area (Å²) >= 11 is 0. The number of hydrogen-bond donors (Lipinski definition) is 2. The molecule has 1 heterocycles. The Morgan fingerprint density at radius 3 is 2.68 bits per heavy atom. The van der Waals surface area contributed by atoms with Gasteiger partial charge in [-0.15, -0.1) is 0 Å². The first-order chi connectivity index (χ1) is 12.1. The number of nitrogens with zero attached hydrogens (tertiary/aromatic N) is 1. The Hall–Kier alpha value is -2.66. The average molecular weight is 338 g/mol. The summed E-state index contributed by atoms with van der Waals surface area (Å²) in [6.45, 7) is 0.00734. The van der Waals surface area contributed by atoms with Gasteiger partial charge in [-0.25, -0.2) is 0 Å². The summed E-state index contributed by atoms with van der Waals surface area (Å²) in [5.74, 6) is -0.0854. The van der Waals surface area contributed by atoms with Gasteiger partial charge in [0, 0.05) is 31.3 Å². The van der Waals surface area contributed by atoms with Crippen LogP contribution >= 0.6 is 0 Å². The Bertz CT molecular complexity index is 774. The lowest BCUT2D eigenvalue weighted by Gasteiger charge is -2.29. The second-order valence-electron chi connectivity index (χ2n) is 6.27. The molecule has 0 saturated carbocycles. The highest BCUT2D eigenvalue weighted by Gasteiger charge is 2.24. The van der Waals surface area contributed by atoms with Crippen LogP contribution in [0.4, 0.5) is 5.69 Å². The monoisotopic (exact) mass is 338 g/mol. The standard InChI is InChI=1S/C20H22N2O3/c1-22(18(11-12-23)14-5-3-2-4-6-14)20(25)16-7-9-17-15(13-16)8-10-19(24)21-17/h2-7,9,13,18,23H,8,10-12H2,1H3,(H,21,24). The minimum atomic E-state index is -0.186. The molecule has 25 heavy (non-hydrogen) atoms. The lowest BCUT2D eigenvalue weighted by molar-refractivity contribution is -0.116. The molecule has 5 nitrogen and oxygen atoms in total. The molecule has 0 aliphatic carbocycles. The van der Waals surface area contributed by atoms with Crippen LogP contribution in [0.5, 0.6) is 0 Å². The van der Waals surface area contributed by atoms with E-state index in [2.05, 4.69) is 5.32 Å². The molecule has 0 spiro atoms. The van der Waals surface area contributed by atoms with Gasteiger partial charge in [0.2, 0.25) is 5.91 Å². The van der Waals surface area contributed by atoms with E-state index >= 15 is 0 Å². The van der Waals surface area contributed by atoms with E-state index in [1.54, 1.807) is 24.1 Å². The van der Waals surface area contributed by atoms with Gasteiger partial charge in [-0.05, 0) is 42.2 Å². The van der Waals surface area contributed by atoms with Crippen LogP contribution in [0.2, 0.25) is 0 Å². The number of carbonyl (C=O) groups is 2. The van der Waals surface area contributed by atoms with Crippen molar-refractivity contribution >= 4 is 17.5 Å². The summed E-state index contributed by atoms with van der Waals surface area (Å²) in [7, 11) is 1.76. The van der Waals surface area contributed by atoms with Gasteiger partial charge in [0.05, 0.1) is 6.04 Å². The highest BCUT2D eigenvalue weighted by Crippen LogP contribution is 2.27. The minimum absolute atomic E-state index is 0.00734. The number of hydrogen-bond acceptors (Lipinski definition) is 3. The van der Waals surface area contributed by atoms with Gasteiger partial charge in [0.1, 0.15) is 0 Å².